The summed E-state index contributed by atoms with van der Waals surface area (Å²) in [6.07, 6.45) is 1.14. The zero-order valence-electron chi connectivity index (χ0n) is 17.1. The Balaban J connectivity index is 2.23. The van der Waals surface area contributed by atoms with Gasteiger partial charge in [-0.2, -0.15) is 0 Å². The number of halogens is 1. The number of benzene rings is 2. The van der Waals surface area contributed by atoms with Crippen molar-refractivity contribution in [3.63, 3.8) is 0 Å². The zero-order valence-corrected chi connectivity index (χ0v) is 18.8. The third kappa shape index (κ3) is 4.77. The highest BCUT2D eigenvalue weighted by Gasteiger charge is 2.23. The predicted octanol–water partition coefficient (Wildman–Crippen LogP) is 4.83. The molecule has 30 heavy (non-hydrogen) atoms. The molecule has 0 bridgehead atoms. The molecule has 0 aliphatic carbocycles. The molecule has 0 fully saturated rings. The van der Waals surface area contributed by atoms with Crippen LogP contribution in [0.5, 0.6) is 0 Å². The summed E-state index contributed by atoms with van der Waals surface area (Å²) in [6.45, 7) is 1.93. The van der Waals surface area contributed by atoms with Crippen molar-refractivity contribution in [2.24, 2.45) is 0 Å². The summed E-state index contributed by atoms with van der Waals surface area (Å²) >= 11 is 1.32. The van der Waals surface area contributed by atoms with Crippen LogP contribution in [0, 0.1) is 5.82 Å². The van der Waals surface area contributed by atoms with Crippen LogP contribution in [0.1, 0.15) is 28.2 Å². The second kappa shape index (κ2) is 8.67. The summed E-state index contributed by atoms with van der Waals surface area (Å²) in [4.78, 5) is 15.3. The van der Waals surface area contributed by atoms with Crippen LogP contribution in [-0.2, 0) is 9.84 Å². The molecule has 1 heterocycles. The number of thiophene rings is 1. The van der Waals surface area contributed by atoms with E-state index >= 15 is 0 Å². The molecule has 1 atom stereocenters. The number of hydrogen-bond acceptors (Lipinski definition) is 5. The third-order valence-corrected chi connectivity index (χ3v) is 6.93. The average Bonchev–Trinajstić information content (AvgIpc) is 3.22. The van der Waals surface area contributed by atoms with Gasteiger partial charge >= 0.3 is 0 Å². The minimum absolute atomic E-state index is 0.131. The van der Waals surface area contributed by atoms with Crippen molar-refractivity contribution in [1.82, 2.24) is 4.90 Å². The molecular formula is C22H23FN2O3S2. The van der Waals surface area contributed by atoms with E-state index in [2.05, 4.69) is 5.32 Å². The second-order valence-corrected chi connectivity index (χ2v) is 10.2. The summed E-state index contributed by atoms with van der Waals surface area (Å²) in [7, 11) is 0.172. The van der Waals surface area contributed by atoms with Gasteiger partial charge in [-0.05, 0) is 67.9 Å². The van der Waals surface area contributed by atoms with Gasteiger partial charge in [-0.15, -0.1) is 11.3 Å². The monoisotopic (exact) mass is 446 g/mol. The lowest BCUT2D eigenvalue weighted by atomic mass is 9.98. The van der Waals surface area contributed by atoms with Crippen LogP contribution in [0.4, 0.5) is 10.1 Å². The van der Waals surface area contributed by atoms with Gasteiger partial charge < -0.3 is 10.2 Å². The number of sulfone groups is 1. The van der Waals surface area contributed by atoms with Gasteiger partial charge in [0, 0.05) is 23.5 Å². The molecular weight excluding hydrogens is 423 g/mol. The fourth-order valence-corrected chi connectivity index (χ4v) is 4.62. The van der Waals surface area contributed by atoms with Crippen LogP contribution in [0.2, 0.25) is 0 Å². The fourth-order valence-electron chi connectivity index (χ4n) is 3.08. The predicted molar refractivity (Wildman–Crippen MR) is 119 cm³/mol. The molecule has 2 aromatic carbocycles. The zero-order chi connectivity index (χ0) is 22.1. The van der Waals surface area contributed by atoms with Gasteiger partial charge in [0.2, 0.25) is 0 Å². The van der Waals surface area contributed by atoms with Crippen LogP contribution < -0.4 is 5.32 Å². The maximum Gasteiger partial charge on any atom is 0.265 e. The highest BCUT2D eigenvalue weighted by atomic mass is 32.2. The lowest BCUT2D eigenvalue weighted by molar-refractivity contribution is 0.103. The molecule has 1 aromatic heterocycles. The Kier molecular flexibility index (Phi) is 6.40. The molecule has 5 nitrogen and oxygen atoms in total. The Hall–Kier alpha value is -2.55. The maximum atomic E-state index is 13.4. The average molecular weight is 447 g/mol. The molecule has 0 aliphatic heterocycles. The first-order chi connectivity index (χ1) is 14.1. The Morgan fingerprint density at radius 1 is 1.13 bits per heavy atom. The van der Waals surface area contributed by atoms with E-state index in [-0.39, 0.29) is 16.8 Å². The van der Waals surface area contributed by atoms with Crippen LogP contribution in [-0.4, -0.2) is 39.6 Å². The number of carbonyl (C=O) groups is 1. The molecule has 0 spiro atoms. The summed E-state index contributed by atoms with van der Waals surface area (Å²) in [5, 5.41) is 4.74. The molecule has 0 radical (unpaired) electrons. The van der Waals surface area contributed by atoms with Gasteiger partial charge in [0.25, 0.3) is 5.91 Å². The normalized spacial score (nSPS) is 12.7. The van der Waals surface area contributed by atoms with Crippen molar-refractivity contribution in [3.8, 4) is 11.1 Å². The summed E-state index contributed by atoms with van der Waals surface area (Å²) < 4.78 is 38.6. The number of carbonyl (C=O) groups excluding carboxylic acids is 1. The molecule has 1 amide bonds. The van der Waals surface area contributed by atoms with Crippen LogP contribution >= 0.6 is 11.3 Å². The number of nitrogens with one attached hydrogen (secondary N) is 1. The standard InChI is InChI=1S/C22H23FN2O3S2/c1-14(25(2)3)17-13-21(30(4,27)28)18(15-7-9-16(23)10-8-15)12-19(17)24-22(26)20-6-5-11-29-20/h5-14H,1-4H3,(H,24,26). The Bertz CT molecular complexity index is 1160. The first kappa shape index (κ1) is 22.1. The first-order valence-electron chi connectivity index (χ1n) is 9.23. The molecule has 0 saturated heterocycles. The van der Waals surface area contributed by atoms with Crippen molar-refractivity contribution in [2.45, 2.75) is 17.9 Å². The Morgan fingerprint density at radius 2 is 1.80 bits per heavy atom. The van der Waals surface area contributed by atoms with Crippen molar-refractivity contribution in [3.05, 3.63) is 70.2 Å². The fraction of sp³-hybridized carbons (Fsp3) is 0.227. The number of rotatable bonds is 6. The van der Waals surface area contributed by atoms with E-state index in [0.717, 1.165) is 6.26 Å². The molecule has 3 rings (SSSR count). The molecule has 3 aromatic rings. The van der Waals surface area contributed by atoms with Crippen molar-refractivity contribution in [2.75, 3.05) is 25.7 Å². The van der Waals surface area contributed by atoms with E-state index in [0.29, 0.717) is 27.3 Å². The van der Waals surface area contributed by atoms with Gasteiger partial charge in [-0.25, -0.2) is 12.8 Å². The molecule has 0 saturated carbocycles. The molecule has 0 aliphatic rings. The highest BCUT2D eigenvalue weighted by Crippen LogP contribution is 2.37. The quantitative estimate of drug-likeness (QED) is 0.589. The third-order valence-electron chi connectivity index (χ3n) is 4.92. The van der Waals surface area contributed by atoms with Gasteiger partial charge in [-0.1, -0.05) is 18.2 Å². The topological polar surface area (TPSA) is 66.5 Å². The number of nitrogens with zero attached hydrogens (tertiary/aromatic N) is 1. The minimum atomic E-state index is -3.58. The van der Waals surface area contributed by atoms with Crippen molar-refractivity contribution in [1.29, 1.82) is 0 Å². The molecule has 8 heteroatoms. The second-order valence-electron chi connectivity index (χ2n) is 7.29. The number of amides is 1. The van der Waals surface area contributed by atoms with Gasteiger partial charge in [0.15, 0.2) is 9.84 Å². The SMILES string of the molecule is CC(c1cc(S(C)(=O)=O)c(-c2ccc(F)cc2)cc1NC(=O)c1cccs1)N(C)C. The maximum absolute atomic E-state index is 13.4. The molecule has 1 unspecified atom stereocenters. The van der Waals surface area contributed by atoms with E-state index in [4.69, 9.17) is 0 Å². The number of anilines is 1. The Morgan fingerprint density at radius 3 is 2.33 bits per heavy atom. The van der Waals surface area contributed by atoms with Crippen molar-refractivity contribution < 1.29 is 17.6 Å². The van der Waals surface area contributed by atoms with Crippen LogP contribution in [0.25, 0.3) is 11.1 Å². The lowest BCUT2D eigenvalue weighted by Gasteiger charge is -2.25. The van der Waals surface area contributed by atoms with Crippen LogP contribution in [0.3, 0.4) is 0 Å². The van der Waals surface area contributed by atoms with Gasteiger partial charge in [-0.3, -0.25) is 4.79 Å². The van der Waals surface area contributed by atoms with E-state index in [9.17, 15) is 17.6 Å². The largest absolute Gasteiger partial charge is 0.321 e. The lowest BCUT2D eigenvalue weighted by Crippen LogP contribution is -2.21. The molecule has 1 N–H and O–H groups in total. The van der Waals surface area contributed by atoms with E-state index in [1.54, 1.807) is 24.3 Å². The minimum Gasteiger partial charge on any atom is -0.321 e. The van der Waals surface area contributed by atoms with E-state index in [1.807, 2.05) is 31.3 Å². The highest BCUT2D eigenvalue weighted by molar-refractivity contribution is 7.90. The van der Waals surface area contributed by atoms with Crippen LogP contribution in [0.15, 0.2) is 58.8 Å². The van der Waals surface area contributed by atoms with Gasteiger partial charge in [0.05, 0.1) is 9.77 Å². The van der Waals surface area contributed by atoms with Gasteiger partial charge in [0.1, 0.15) is 5.82 Å². The van der Waals surface area contributed by atoms with Crippen molar-refractivity contribution >= 4 is 32.8 Å². The van der Waals surface area contributed by atoms with E-state index < -0.39 is 15.7 Å². The Labute approximate surface area is 180 Å². The summed E-state index contributed by atoms with van der Waals surface area (Å²) in [5.74, 6) is -0.682. The summed E-state index contributed by atoms with van der Waals surface area (Å²) in [6, 6.07) is 12.2. The smallest absolute Gasteiger partial charge is 0.265 e. The number of hydrogen-bond donors (Lipinski definition) is 1. The first-order valence-corrected chi connectivity index (χ1v) is 12.0. The van der Waals surface area contributed by atoms with E-state index in [1.165, 1.54) is 35.6 Å². The summed E-state index contributed by atoms with van der Waals surface area (Å²) in [5.41, 5.74) is 2.15. The molecule has 158 valence electrons.